The molecule has 0 unspecified atom stereocenters. The molecule has 0 N–H and O–H groups in total. The Morgan fingerprint density at radius 1 is 0.864 bits per heavy atom. The van der Waals surface area contributed by atoms with Gasteiger partial charge in [-0.1, -0.05) is 0 Å². The first-order valence-electron chi connectivity index (χ1n) is 9.14. The van der Waals surface area contributed by atoms with E-state index in [0.29, 0.717) is 0 Å². The van der Waals surface area contributed by atoms with E-state index in [2.05, 4.69) is 0 Å². The molecule has 0 amide bonds. The minimum atomic E-state index is -1.18. The molecule has 22 heavy (non-hydrogen) atoms. The fraction of sp³-hybridized carbons (Fsp3) is 0.857. The van der Waals surface area contributed by atoms with Gasteiger partial charge in [-0.15, -0.1) is 0 Å². The van der Waals surface area contributed by atoms with E-state index >= 15 is 0 Å². The lowest BCUT2D eigenvalue weighted by molar-refractivity contribution is -0.189. The maximum absolute atomic E-state index is 11.5. The Hall–Kier alpha value is -1.22. The summed E-state index contributed by atoms with van der Waals surface area (Å²) in [4.78, 5) is 22.6. The van der Waals surface area contributed by atoms with Gasteiger partial charge in [0.05, 0.1) is 12.1 Å². The van der Waals surface area contributed by atoms with Crippen molar-refractivity contribution >= 4 is 11.9 Å². The Morgan fingerprint density at radius 3 is 2.00 bits per heavy atom. The number of hydrogen-bond donors (Lipinski definition) is 0. The van der Waals surface area contributed by atoms with E-state index in [1.165, 1.54) is 6.92 Å². The third-order valence-corrected chi connectivity index (χ3v) is 2.71. The van der Waals surface area contributed by atoms with Gasteiger partial charge in [-0.2, -0.15) is 0 Å². The van der Waals surface area contributed by atoms with Crippen LogP contribution in [0.2, 0.25) is 0 Å². The third-order valence-electron chi connectivity index (χ3n) is 2.71. The van der Waals surface area contributed by atoms with Crippen molar-refractivity contribution in [3.63, 3.8) is 0 Å². The fourth-order valence-corrected chi connectivity index (χ4v) is 1.75. The lowest BCUT2D eigenvalue weighted by Crippen LogP contribution is -2.52. The zero-order chi connectivity index (χ0) is 19.9. The maximum Gasteiger partial charge on any atom is 0.303 e. The van der Waals surface area contributed by atoms with Gasteiger partial charge >= 0.3 is 11.9 Å². The van der Waals surface area contributed by atoms with E-state index in [0.717, 1.165) is 6.92 Å². The molecule has 0 aromatic carbocycles. The molecule has 0 saturated carbocycles. The predicted octanol–water partition coefficient (Wildman–Crippen LogP) is 0.173. The van der Waals surface area contributed by atoms with E-state index in [1.54, 1.807) is 0 Å². The third kappa shape index (κ3) is 7.17. The maximum atomic E-state index is 11.5. The van der Waals surface area contributed by atoms with Crippen LogP contribution in [0, 0.1) is 0 Å². The molecule has 0 aromatic heterocycles. The summed E-state index contributed by atoms with van der Waals surface area (Å²) in [5, 5.41) is 0. The highest BCUT2D eigenvalue weighted by molar-refractivity contribution is 5.66. The number of rotatable bonds is 11. The van der Waals surface area contributed by atoms with Gasteiger partial charge < -0.3 is 28.4 Å². The second kappa shape index (κ2) is 11.4. The molecule has 0 spiro atoms. The first-order valence-corrected chi connectivity index (χ1v) is 6.31. The summed E-state index contributed by atoms with van der Waals surface area (Å²) in [5.41, 5.74) is 0. The zero-order valence-corrected chi connectivity index (χ0v) is 12.8. The number of methoxy groups -OCH3 is 4. The smallest absolute Gasteiger partial charge is 0.303 e. The van der Waals surface area contributed by atoms with Crippen molar-refractivity contribution < 1.29 is 43.5 Å². The standard InChI is InChI=1S/C14H26O8/c1-9(15)21-8-12(19-5)13(20-6)14(22-10(2)16)11(18-4)7-17-3/h11-14H,7-8H2,1-6H3/t11-,12+,13-,14+/m1/s1/i3D,4D,5D,6D. The first kappa shape index (κ1) is 14.4. The van der Waals surface area contributed by atoms with Crippen LogP contribution in [-0.2, 0) is 38.0 Å². The Kier molecular flexibility index (Phi) is 7.42. The Bertz CT molecular complexity index is 401. The van der Waals surface area contributed by atoms with Crippen molar-refractivity contribution in [3.05, 3.63) is 0 Å². The van der Waals surface area contributed by atoms with Crippen LogP contribution in [-0.4, -0.2) is 77.9 Å². The van der Waals surface area contributed by atoms with Crippen molar-refractivity contribution in [1.82, 2.24) is 0 Å². The molecule has 0 aromatic rings. The highest BCUT2D eigenvalue weighted by Gasteiger charge is 2.38. The topological polar surface area (TPSA) is 89.5 Å². The molecule has 8 heteroatoms. The Labute approximate surface area is 136 Å². The second-order valence-electron chi connectivity index (χ2n) is 4.29. The van der Waals surface area contributed by atoms with Gasteiger partial charge in [-0.3, -0.25) is 9.59 Å². The van der Waals surface area contributed by atoms with Crippen molar-refractivity contribution in [2.45, 2.75) is 38.3 Å². The number of carbonyl (C=O) groups is 2. The van der Waals surface area contributed by atoms with Gasteiger partial charge in [0, 0.05) is 42.2 Å². The summed E-state index contributed by atoms with van der Waals surface area (Å²) in [6.07, 6.45) is -4.33. The van der Waals surface area contributed by atoms with Gasteiger partial charge in [0.25, 0.3) is 0 Å². The molecular weight excluding hydrogens is 296 g/mol. The highest BCUT2D eigenvalue weighted by Crippen LogP contribution is 2.18. The van der Waals surface area contributed by atoms with E-state index in [9.17, 15) is 9.59 Å². The predicted molar refractivity (Wildman–Crippen MR) is 76.5 cm³/mol. The molecule has 0 rings (SSSR count). The molecule has 0 aliphatic rings. The van der Waals surface area contributed by atoms with Crippen molar-refractivity contribution in [3.8, 4) is 0 Å². The lowest BCUT2D eigenvalue weighted by atomic mass is 10.0. The summed E-state index contributed by atoms with van der Waals surface area (Å²) >= 11 is 0. The van der Waals surface area contributed by atoms with Gasteiger partial charge in [0.2, 0.25) is 0 Å². The number of carbonyl (C=O) groups excluding carboxylic acids is 2. The molecule has 0 radical (unpaired) electrons. The zero-order valence-electron chi connectivity index (χ0n) is 16.8. The molecule has 8 nitrogen and oxygen atoms in total. The summed E-state index contributed by atoms with van der Waals surface area (Å²) in [6.45, 7) is 1.86. The molecule has 0 saturated heterocycles. The molecule has 0 heterocycles. The minimum absolute atomic E-state index is 0.181. The summed E-state index contributed by atoms with van der Waals surface area (Å²) < 4.78 is 59.7. The van der Waals surface area contributed by atoms with Crippen LogP contribution in [0.3, 0.4) is 0 Å². The largest absolute Gasteiger partial charge is 0.463 e. The summed E-state index contributed by atoms with van der Waals surface area (Å²) in [7, 11) is -1.89. The van der Waals surface area contributed by atoms with Crippen molar-refractivity contribution in [1.29, 1.82) is 0 Å². The van der Waals surface area contributed by atoms with Crippen molar-refractivity contribution in [2.75, 3.05) is 41.6 Å². The van der Waals surface area contributed by atoms with Gasteiger partial charge in [-0.05, 0) is 0 Å². The fourth-order valence-electron chi connectivity index (χ4n) is 1.75. The van der Waals surface area contributed by atoms with Crippen LogP contribution in [0.5, 0.6) is 0 Å². The normalized spacial score (nSPS) is 18.8. The second-order valence-corrected chi connectivity index (χ2v) is 4.29. The summed E-state index contributed by atoms with van der Waals surface area (Å²) in [6, 6.07) is 0. The molecular formula is C14H26O8. The average Bonchev–Trinajstić information content (AvgIpc) is 2.58. The van der Waals surface area contributed by atoms with Crippen LogP contribution in [0.1, 0.15) is 19.3 Å². The lowest BCUT2D eigenvalue weighted by Gasteiger charge is -2.34. The van der Waals surface area contributed by atoms with E-state index in [-0.39, 0.29) is 20.3 Å². The molecule has 4 atom stereocenters. The number of hydrogen-bond acceptors (Lipinski definition) is 8. The SMILES string of the molecule is [2H]COC[C@@H](OC[2H])[C@H](OC(C)=O)[C@H](OC[2H])[C@H](COC(C)=O)OC[2H]. The molecule has 0 bridgehead atoms. The summed E-state index contributed by atoms with van der Waals surface area (Å²) in [5.74, 6) is -1.27. The highest BCUT2D eigenvalue weighted by atomic mass is 16.6. The minimum Gasteiger partial charge on any atom is -0.463 e. The molecule has 130 valence electrons. The quantitative estimate of drug-likeness (QED) is 0.497. The van der Waals surface area contributed by atoms with E-state index < -0.39 is 57.6 Å². The van der Waals surface area contributed by atoms with Crippen LogP contribution < -0.4 is 0 Å². The molecule has 0 aliphatic carbocycles. The monoisotopic (exact) mass is 326 g/mol. The Balaban J connectivity index is 5.59. The average molecular weight is 326 g/mol. The Morgan fingerprint density at radius 2 is 1.50 bits per heavy atom. The van der Waals surface area contributed by atoms with Crippen LogP contribution >= 0.6 is 0 Å². The van der Waals surface area contributed by atoms with E-state index in [4.69, 9.17) is 33.9 Å². The number of esters is 2. The van der Waals surface area contributed by atoms with Gasteiger partial charge in [0.15, 0.2) is 6.10 Å². The van der Waals surface area contributed by atoms with Crippen LogP contribution in [0.4, 0.5) is 0 Å². The first-order chi connectivity index (χ1) is 12.4. The van der Waals surface area contributed by atoms with Gasteiger partial charge in [0.1, 0.15) is 24.9 Å². The van der Waals surface area contributed by atoms with Crippen LogP contribution in [0.15, 0.2) is 0 Å². The molecule has 0 aliphatic heterocycles. The van der Waals surface area contributed by atoms with Crippen molar-refractivity contribution in [2.24, 2.45) is 0 Å². The molecule has 0 fully saturated rings. The van der Waals surface area contributed by atoms with Gasteiger partial charge in [-0.25, -0.2) is 0 Å². The van der Waals surface area contributed by atoms with E-state index in [1.807, 2.05) is 0 Å². The van der Waals surface area contributed by atoms with Crippen LogP contribution in [0.25, 0.3) is 0 Å². The number of ether oxygens (including phenoxy) is 6.